The summed E-state index contributed by atoms with van der Waals surface area (Å²) >= 11 is 0. The Bertz CT molecular complexity index is 687. The van der Waals surface area contributed by atoms with E-state index in [0.29, 0.717) is 13.0 Å². The number of H-pyrrole nitrogens is 1. The standard InChI is InChI=1S/C16H16FN3/c17-13-5-3-4-11(9-13)8-12(10-18)16-19-14-6-1-2-7-15(14)20-16/h1-7,9,12H,8,10,18H2,(H,19,20). The number of benzene rings is 2. The van der Waals surface area contributed by atoms with E-state index < -0.39 is 0 Å². The molecule has 3 rings (SSSR count). The Hall–Kier alpha value is -2.20. The van der Waals surface area contributed by atoms with E-state index in [1.807, 2.05) is 30.3 Å². The molecule has 0 amide bonds. The molecule has 0 aliphatic carbocycles. The maximum Gasteiger partial charge on any atom is 0.123 e. The van der Waals surface area contributed by atoms with Crippen LogP contribution >= 0.6 is 0 Å². The number of hydrogen-bond donors (Lipinski definition) is 2. The Morgan fingerprint density at radius 1 is 1.15 bits per heavy atom. The van der Waals surface area contributed by atoms with Gasteiger partial charge in [-0.15, -0.1) is 0 Å². The summed E-state index contributed by atoms with van der Waals surface area (Å²) in [4.78, 5) is 7.87. The highest BCUT2D eigenvalue weighted by atomic mass is 19.1. The smallest absolute Gasteiger partial charge is 0.123 e. The topological polar surface area (TPSA) is 54.7 Å². The number of aromatic amines is 1. The van der Waals surface area contributed by atoms with Crippen molar-refractivity contribution in [3.8, 4) is 0 Å². The molecule has 0 aliphatic rings. The molecule has 1 heterocycles. The second-order valence-electron chi connectivity index (χ2n) is 4.91. The van der Waals surface area contributed by atoms with E-state index in [9.17, 15) is 4.39 Å². The van der Waals surface area contributed by atoms with Crippen molar-refractivity contribution in [3.63, 3.8) is 0 Å². The average Bonchev–Trinajstić information content (AvgIpc) is 2.88. The first kappa shape index (κ1) is 12.8. The van der Waals surface area contributed by atoms with Gasteiger partial charge in [0.25, 0.3) is 0 Å². The second-order valence-corrected chi connectivity index (χ2v) is 4.91. The fourth-order valence-electron chi connectivity index (χ4n) is 2.41. The van der Waals surface area contributed by atoms with Gasteiger partial charge in [-0.1, -0.05) is 24.3 Å². The molecule has 0 saturated heterocycles. The van der Waals surface area contributed by atoms with E-state index in [1.165, 1.54) is 6.07 Å². The summed E-state index contributed by atoms with van der Waals surface area (Å²) in [7, 11) is 0. The van der Waals surface area contributed by atoms with Crippen LogP contribution in [0, 0.1) is 5.82 Å². The first-order chi connectivity index (χ1) is 9.76. The van der Waals surface area contributed by atoms with Crippen LogP contribution in [0.25, 0.3) is 11.0 Å². The summed E-state index contributed by atoms with van der Waals surface area (Å²) in [5.74, 6) is 0.699. The largest absolute Gasteiger partial charge is 0.342 e. The Kier molecular flexibility index (Phi) is 3.48. The molecular formula is C16H16FN3. The number of para-hydroxylation sites is 2. The summed E-state index contributed by atoms with van der Waals surface area (Å²) < 4.78 is 13.2. The third-order valence-corrected chi connectivity index (χ3v) is 3.45. The van der Waals surface area contributed by atoms with Crippen LogP contribution in [0.5, 0.6) is 0 Å². The SMILES string of the molecule is NCC(Cc1cccc(F)c1)c1nc2ccccc2[nH]1. The van der Waals surface area contributed by atoms with Crippen LogP contribution in [-0.2, 0) is 6.42 Å². The first-order valence-corrected chi connectivity index (χ1v) is 6.65. The molecule has 0 radical (unpaired) electrons. The second kappa shape index (κ2) is 5.43. The van der Waals surface area contributed by atoms with Gasteiger partial charge >= 0.3 is 0 Å². The average molecular weight is 269 g/mol. The van der Waals surface area contributed by atoms with Crippen LogP contribution < -0.4 is 5.73 Å². The van der Waals surface area contributed by atoms with Gasteiger partial charge in [0.15, 0.2) is 0 Å². The Morgan fingerprint density at radius 3 is 2.75 bits per heavy atom. The van der Waals surface area contributed by atoms with Gasteiger partial charge in [-0.05, 0) is 36.2 Å². The van der Waals surface area contributed by atoms with Gasteiger partial charge in [-0.3, -0.25) is 0 Å². The predicted molar refractivity (Wildman–Crippen MR) is 78.0 cm³/mol. The van der Waals surface area contributed by atoms with E-state index >= 15 is 0 Å². The zero-order chi connectivity index (χ0) is 13.9. The van der Waals surface area contributed by atoms with Gasteiger partial charge in [-0.25, -0.2) is 9.37 Å². The molecule has 1 unspecified atom stereocenters. The van der Waals surface area contributed by atoms with Gasteiger partial charge < -0.3 is 10.7 Å². The summed E-state index contributed by atoms with van der Waals surface area (Å²) in [5.41, 5.74) is 8.72. The first-order valence-electron chi connectivity index (χ1n) is 6.65. The number of hydrogen-bond acceptors (Lipinski definition) is 2. The molecule has 20 heavy (non-hydrogen) atoms. The molecule has 2 aromatic carbocycles. The van der Waals surface area contributed by atoms with Gasteiger partial charge in [-0.2, -0.15) is 0 Å². The minimum atomic E-state index is -0.220. The monoisotopic (exact) mass is 269 g/mol. The molecule has 0 fully saturated rings. The highest BCUT2D eigenvalue weighted by Crippen LogP contribution is 2.21. The fraction of sp³-hybridized carbons (Fsp3) is 0.188. The van der Waals surface area contributed by atoms with Crippen LogP contribution in [0.2, 0.25) is 0 Å². The summed E-state index contributed by atoms with van der Waals surface area (Å²) in [6, 6.07) is 14.5. The number of imidazole rings is 1. The van der Waals surface area contributed by atoms with Gasteiger partial charge in [0, 0.05) is 12.5 Å². The van der Waals surface area contributed by atoms with Crippen LogP contribution in [-0.4, -0.2) is 16.5 Å². The van der Waals surface area contributed by atoms with Gasteiger partial charge in [0.1, 0.15) is 11.6 Å². The summed E-state index contributed by atoms with van der Waals surface area (Å²) in [6.45, 7) is 0.469. The predicted octanol–water partition coefficient (Wildman–Crippen LogP) is 2.99. The highest BCUT2D eigenvalue weighted by molar-refractivity contribution is 5.74. The molecule has 3 N–H and O–H groups in total. The van der Waals surface area contributed by atoms with Crippen LogP contribution in [0.3, 0.4) is 0 Å². The van der Waals surface area contributed by atoms with Crippen molar-refractivity contribution in [2.75, 3.05) is 6.54 Å². The molecule has 3 nitrogen and oxygen atoms in total. The number of rotatable bonds is 4. The van der Waals surface area contributed by atoms with Gasteiger partial charge in [0.2, 0.25) is 0 Å². The van der Waals surface area contributed by atoms with E-state index in [4.69, 9.17) is 5.73 Å². The number of fused-ring (bicyclic) bond motifs is 1. The quantitative estimate of drug-likeness (QED) is 0.765. The van der Waals surface area contributed by atoms with E-state index in [0.717, 1.165) is 22.4 Å². The lowest BCUT2D eigenvalue weighted by Gasteiger charge is -2.12. The lowest BCUT2D eigenvalue weighted by Crippen LogP contribution is -2.16. The van der Waals surface area contributed by atoms with E-state index in [2.05, 4.69) is 9.97 Å². The van der Waals surface area contributed by atoms with Gasteiger partial charge in [0.05, 0.1) is 11.0 Å². The van der Waals surface area contributed by atoms with Crippen LogP contribution in [0.15, 0.2) is 48.5 Å². The van der Waals surface area contributed by atoms with Crippen molar-refractivity contribution >= 4 is 11.0 Å². The highest BCUT2D eigenvalue weighted by Gasteiger charge is 2.15. The molecule has 0 aliphatic heterocycles. The van der Waals surface area contributed by atoms with Crippen molar-refractivity contribution < 1.29 is 4.39 Å². The third-order valence-electron chi connectivity index (χ3n) is 3.45. The van der Waals surface area contributed by atoms with Crippen molar-refractivity contribution in [3.05, 3.63) is 65.7 Å². The minimum Gasteiger partial charge on any atom is -0.342 e. The Labute approximate surface area is 116 Å². The molecule has 1 aromatic heterocycles. The zero-order valence-electron chi connectivity index (χ0n) is 11.0. The molecule has 1 atom stereocenters. The number of halogens is 1. The summed E-state index contributed by atoms with van der Waals surface area (Å²) in [6.07, 6.45) is 0.675. The zero-order valence-corrected chi connectivity index (χ0v) is 11.0. The summed E-state index contributed by atoms with van der Waals surface area (Å²) in [5, 5.41) is 0. The third kappa shape index (κ3) is 2.56. The molecule has 102 valence electrons. The molecule has 3 aromatic rings. The minimum absolute atomic E-state index is 0.0594. The van der Waals surface area contributed by atoms with Crippen LogP contribution in [0.1, 0.15) is 17.3 Å². The molecule has 0 spiro atoms. The number of nitrogens with one attached hydrogen (secondary N) is 1. The number of nitrogens with zero attached hydrogens (tertiary/aromatic N) is 1. The Morgan fingerprint density at radius 2 is 2.00 bits per heavy atom. The maximum atomic E-state index is 13.2. The number of nitrogens with two attached hydrogens (primary N) is 1. The maximum absolute atomic E-state index is 13.2. The molecule has 0 saturated carbocycles. The van der Waals surface area contributed by atoms with E-state index in [-0.39, 0.29) is 11.7 Å². The normalized spacial score (nSPS) is 12.7. The van der Waals surface area contributed by atoms with Crippen LogP contribution in [0.4, 0.5) is 4.39 Å². The Balaban J connectivity index is 1.89. The molecule has 4 heteroatoms. The lowest BCUT2D eigenvalue weighted by atomic mass is 9.99. The van der Waals surface area contributed by atoms with Crippen molar-refractivity contribution in [2.45, 2.75) is 12.3 Å². The number of aromatic nitrogens is 2. The molecule has 0 bridgehead atoms. The van der Waals surface area contributed by atoms with E-state index in [1.54, 1.807) is 12.1 Å². The van der Waals surface area contributed by atoms with Crippen molar-refractivity contribution in [1.82, 2.24) is 9.97 Å². The molecular weight excluding hydrogens is 253 g/mol. The lowest BCUT2D eigenvalue weighted by molar-refractivity contribution is 0.617. The van der Waals surface area contributed by atoms with Crippen molar-refractivity contribution in [2.24, 2.45) is 5.73 Å². The van der Waals surface area contributed by atoms with Crippen molar-refractivity contribution in [1.29, 1.82) is 0 Å². The fourth-order valence-corrected chi connectivity index (χ4v) is 2.41.